The van der Waals surface area contributed by atoms with E-state index in [2.05, 4.69) is 10.2 Å². The number of nitrogens with one attached hydrogen (secondary N) is 1. The first-order valence-corrected chi connectivity index (χ1v) is 5.79. The van der Waals surface area contributed by atoms with Crippen LogP contribution in [0.3, 0.4) is 0 Å². The van der Waals surface area contributed by atoms with Gasteiger partial charge in [0.1, 0.15) is 11.6 Å². The Morgan fingerprint density at radius 2 is 2.18 bits per heavy atom. The van der Waals surface area contributed by atoms with Gasteiger partial charge < -0.3 is 10.1 Å². The van der Waals surface area contributed by atoms with E-state index in [4.69, 9.17) is 4.74 Å². The highest BCUT2D eigenvalue weighted by molar-refractivity contribution is 5.36. The SMILES string of the molecule is CNCCN(C)C(C)c1c(F)cccc1OC. The van der Waals surface area contributed by atoms with Crippen LogP contribution in [0.15, 0.2) is 18.2 Å². The lowest BCUT2D eigenvalue weighted by Gasteiger charge is -2.26. The Hall–Kier alpha value is -1.13. The average Bonchev–Trinajstić information content (AvgIpc) is 2.34. The van der Waals surface area contributed by atoms with Crippen LogP contribution in [0.25, 0.3) is 0 Å². The number of nitrogens with zero attached hydrogens (tertiary/aromatic N) is 1. The van der Waals surface area contributed by atoms with Gasteiger partial charge in [0, 0.05) is 24.7 Å². The van der Waals surface area contributed by atoms with Crippen molar-refractivity contribution in [1.29, 1.82) is 0 Å². The van der Waals surface area contributed by atoms with Crippen LogP contribution >= 0.6 is 0 Å². The molecular weight excluding hydrogens is 219 g/mol. The minimum absolute atomic E-state index is 0.0144. The van der Waals surface area contributed by atoms with Crippen molar-refractivity contribution in [2.75, 3.05) is 34.3 Å². The van der Waals surface area contributed by atoms with Crippen molar-refractivity contribution in [3.8, 4) is 5.75 Å². The Balaban J connectivity index is 2.90. The first-order chi connectivity index (χ1) is 8.11. The number of benzene rings is 1. The molecule has 1 N–H and O–H groups in total. The second kappa shape index (κ2) is 6.57. The summed E-state index contributed by atoms with van der Waals surface area (Å²) in [5.74, 6) is 0.391. The number of hydrogen-bond donors (Lipinski definition) is 1. The van der Waals surface area contributed by atoms with E-state index in [0.717, 1.165) is 13.1 Å². The van der Waals surface area contributed by atoms with E-state index in [0.29, 0.717) is 11.3 Å². The van der Waals surface area contributed by atoms with Crippen LogP contribution in [-0.4, -0.2) is 39.2 Å². The molecule has 17 heavy (non-hydrogen) atoms. The predicted octanol–water partition coefficient (Wildman–Crippen LogP) is 2.05. The summed E-state index contributed by atoms with van der Waals surface area (Å²) < 4.78 is 19.1. The standard InChI is InChI=1S/C13H21FN2O/c1-10(16(3)9-8-15-2)13-11(14)6-5-7-12(13)17-4/h5-7,10,15H,8-9H2,1-4H3. The fourth-order valence-corrected chi connectivity index (χ4v) is 1.80. The minimum Gasteiger partial charge on any atom is -0.496 e. The number of ether oxygens (including phenoxy) is 1. The Morgan fingerprint density at radius 3 is 2.76 bits per heavy atom. The van der Waals surface area contributed by atoms with Crippen LogP contribution in [0.2, 0.25) is 0 Å². The molecule has 1 aromatic rings. The Bertz CT molecular complexity index is 357. The molecule has 0 radical (unpaired) electrons. The van der Waals surface area contributed by atoms with Crippen molar-refractivity contribution < 1.29 is 9.13 Å². The molecule has 0 fully saturated rings. The monoisotopic (exact) mass is 240 g/mol. The van der Waals surface area contributed by atoms with Crippen molar-refractivity contribution in [3.05, 3.63) is 29.6 Å². The molecule has 0 aliphatic heterocycles. The fraction of sp³-hybridized carbons (Fsp3) is 0.538. The van der Waals surface area contributed by atoms with Gasteiger partial charge in [-0.25, -0.2) is 4.39 Å². The van der Waals surface area contributed by atoms with E-state index < -0.39 is 0 Å². The summed E-state index contributed by atoms with van der Waals surface area (Å²) in [6, 6.07) is 4.92. The first kappa shape index (κ1) is 13.9. The minimum atomic E-state index is -0.215. The molecule has 0 amide bonds. The first-order valence-electron chi connectivity index (χ1n) is 5.79. The molecule has 0 spiro atoms. The Labute approximate surface area is 103 Å². The van der Waals surface area contributed by atoms with Gasteiger partial charge in [-0.2, -0.15) is 0 Å². The molecule has 0 saturated carbocycles. The van der Waals surface area contributed by atoms with Crippen molar-refractivity contribution in [1.82, 2.24) is 10.2 Å². The smallest absolute Gasteiger partial charge is 0.131 e. The van der Waals surface area contributed by atoms with Crippen molar-refractivity contribution in [3.63, 3.8) is 0 Å². The zero-order valence-corrected chi connectivity index (χ0v) is 11.0. The summed E-state index contributed by atoms with van der Waals surface area (Å²) >= 11 is 0. The molecule has 4 heteroatoms. The molecule has 1 rings (SSSR count). The normalized spacial score (nSPS) is 12.8. The van der Waals surface area contributed by atoms with Gasteiger partial charge >= 0.3 is 0 Å². The van der Waals surface area contributed by atoms with Gasteiger partial charge in [0.15, 0.2) is 0 Å². The summed E-state index contributed by atoms with van der Waals surface area (Å²) in [4.78, 5) is 2.09. The maximum absolute atomic E-state index is 13.8. The van der Waals surface area contributed by atoms with Gasteiger partial charge in [0.25, 0.3) is 0 Å². The molecule has 0 heterocycles. The Morgan fingerprint density at radius 1 is 1.47 bits per heavy atom. The lowest BCUT2D eigenvalue weighted by atomic mass is 10.1. The van der Waals surface area contributed by atoms with Crippen LogP contribution < -0.4 is 10.1 Å². The van der Waals surface area contributed by atoms with Crippen molar-refractivity contribution in [2.45, 2.75) is 13.0 Å². The second-order valence-corrected chi connectivity index (χ2v) is 4.12. The molecule has 0 aromatic heterocycles. The second-order valence-electron chi connectivity index (χ2n) is 4.12. The molecule has 1 aromatic carbocycles. The molecule has 0 saturated heterocycles. The molecule has 0 bridgehead atoms. The molecule has 1 unspecified atom stereocenters. The summed E-state index contributed by atoms with van der Waals surface area (Å²) in [5, 5.41) is 3.08. The number of likely N-dealkylation sites (N-methyl/N-ethyl adjacent to an activating group) is 2. The quantitative estimate of drug-likeness (QED) is 0.823. The summed E-state index contributed by atoms with van der Waals surface area (Å²) in [6.45, 7) is 3.71. The third kappa shape index (κ3) is 3.41. The van der Waals surface area contributed by atoms with Crippen LogP contribution in [0.1, 0.15) is 18.5 Å². The summed E-state index contributed by atoms with van der Waals surface area (Å²) in [5.41, 5.74) is 0.619. The summed E-state index contributed by atoms with van der Waals surface area (Å²) in [6.07, 6.45) is 0. The topological polar surface area (TPSA) is 24.5 Å². The highest BCUT2D eigenvalue weighted by Crippen LogP contribution is 2.30. The van der Waals surface area contributed by atoms with Crippen LogP contribution in [0.4, 0.5) is 4.39 Å². The van der Waals surface area contributed by atoms with Gasteiger partial charge in [-0.1, -0.05) is 6.07 Å². The van der Waals surface area contributed by atoms with E-state index in [-0.39, 0.29) is 11.9 Å². The zero-order chi connectivity index (χ0) is 12.8. The van der Waals surface area contributed by atoms with Gasteiger partial charge in [-0.05, 0) is 33.2 Å². The van der Waals surface area contributed by atoms with Crippen LogP contribution in [0.5, 0.6) is 5.75 Å². The zero-order valence-electron chi connectivity index (χ0n) is 11.0. The van der Waals surface area contributed by atoms with E-state index in [1.165, 1.54) is 6.07 Å². The third-order valence-electron chi connectivity index (χ3n) is 3.03. The fourth-order valence-electron chi connectivity index (χ4n) is 1.80. The molecule has 1 atom stereocenters. The van der Waals surface area contributed by atoms with E-state index in [1.54, 1.807) is 19.2 Å². The summed E-state index contributed by atoms with van der Waals surface area (Å²) in [7, 11) is 5.45. The van der Waals surface area contributed by atoms with Gasteiger partial charge in [-0.15, -0.1) is 0 Å². The molecule has 0 aliphatic rings. The van der Waals surface area contributed by atoms with Gasteiger partial charge in [0.05, 0.1) is 7.11 Å². The largest absolute Gasteiger partial charge is 0.496 e. The lowest BCUT2D eigenvalue weighted by Crippen LogP contribution is -2.30. The van der Waals surface area contributed by atoms with E-state index in [1.807, 2.05) is 21.0 Å². The highest BCUT2D eigenvalue weighted by Gasteiger charge is 2.19. The maximum atomic E-state index is 13.8. The van der Waals surface area contributed by atoms with Crippen LogP contribution in [0, 0.1) is 5.82 Å². The number of hydrogen-bond acceptors (Lipinski definition) is 3. The number of methoxy groups -OCH3 is 1. The van der Waals surface area contributed by atoms with Crippen molar-refractivity contribution in [2.24, 2.45) is 0 Å². The van der Waals surface area contributed by atoms with Gasteiger partial charge in [0.2, 0.25) is 0 Å². The van der Waals surface area contributed by atoms with Crippen molar-refractivity contribution >= 4 is 0 Å². The van der Waals surface area contributed by atoms with E-state index >= 15 is 0 Å². The van der Waals surface area contributed by atoms with Crippen LogP contribution in [-0.2, 0) is 0 Å². The predicted molar refractivity (Wildman–Crippen MR) is 67.9 cm³/mol. The Kier molecular flexibility index (Phi) is 5.38. The molecule has 3 nitrogen and oxygen atoms in total. The molecule has 0 aliphatic carbocycles. The van der Waals surface area contributed by atoms with Gasteiger partial charge in [-0.3, -0.25) is 4.90 Å². The number of halogens is 1. The average molecular weight is 240 g/mol. The lowest BCUT2D eigenvalue weighted by molar-refractivity contribution is 0.251. The highest BCUT2D eigenvalue weighted by atomic mass is 19.1. The molecular formula is C13H21FN2O. The van der Waals surface area contributed by atoms with E-state index in [9.17, 15) is 4.39 Å². The molecule has 96 valence electrons. The maximum Gasteiger partial charge on any atom is 0.131 e. The third-order valence-corrected chi connectivity index (χ3v) is 3.03. The number of rotatable bonds is 6.